The van der Waals surface area contributed by atoms with E-state index in [-0.39, 0.29) is 41.6 Å². The predicted molar refractivity (Wildman–Crippen MR) is 108 cm³/mol. The maximum atomic E-state index is 11.9. The topological polar surface area (TPSA) is 66.4 Å². The van der Waals surface area contributed by atoms with Gasteiger partial charge in [-0.2, -0.15) is 0 Å². The zero-order chi connectivity index (χ0) is 20.7. The molecule has 2 aromatic carbocycles. The molecular formula is C24H27NaO4. The van der Waals surface area contributed by atoms with E-state index >= 15 is 0 Å². The quantitative estimate of drug-likeness (QED) is 0.394. The van der Waals surface area contributed by atoms with Crippen molar-refractivity contribution in [2.45, 2.75) is 52.6 Å². The first-order valence-corrected chi connectivity index (χ1v) is 9.43. The van der Waals surface area contributed by atoms with Crippen LogP contribution in [-0.2, 0) is 20.7 Å². The van der Waals surface area contributed by atoms with Gasteiger partial charge in [-0.25, -0.2) is 0 Å². The first-order valence-electron chi connectivity index (χ1n) is 9.43. The minimum Gasteiger partial charge on any atom is -0.545 e. The first-order chi connectivity index (χ1) is 13.2. The molecule has 0 bridgehead atoms. The number of aryl methyl sites for hydroxylation is 2. The van der Waals surface area contributed by atoms with Crippen LogP contribution in [-0.4, -0.2) is 17.5 Å². The molecule has 0 aliphatic carbocycles. The van der Waals surface area contributed by atoms with E-state index < -0.39 is 17.5 Å². The summed E-state index contributed by atoms with van der Waals surface area (Å²) in [6.07, 6.45) is 2.46. The van der Waals surface area contributed by atoms with Crippen LogP contribution in [0.15, 0.2) is 60.2 Å². The fourth-order valence-corrected chi connectivity index (χ4v) is 3.00. The van der Waals surface area contributed by atoms with Crippen LogP contribution in [0.2, 0.25) is 0 Å². The summed E-state index contributed by atoms with van der Waals surface area (Å²) >= 11 is 0. The largest absolute Gasteiger partial charge is 1.00 e. The Hall–Kier alpha value is -1.88. The molecule has 0 radical (unpaired) electrons. The number of esters is 1. The van der Waals surface area contributed by atoms with Crippen molar-refractivity contribution in [1.82, 2.24) is 0 Å². The van der Waals surface area contributed by atoms with E-state index in [1.807, 2.05) is 18.2 Å². The third-order valence-corrected chi connectivity index (χ3v) is 4.22. The molecule has 0 aliphatic rings. The normalized spacial score (nSPS) is 11.5. The molecule has 5 heteroatoms. The van der Waals surface area contributed by atoms with E-state index in [1.165, 1.54) is 16.7 Å². The van der Waals surface area contributed by atoms with E-state index in [9.17, 15) is 14.7 Å². The number of hydrogen-bond donors (Lipinski definition) is 0. The molecule has 0 heterocycles. The van der Waals surface area contributed by atoms with Gasteiger partial charge < -0.3 is 14.6 Å². The zero-order valence-corrected chi connectivity index (χ0v) is 20.0. The molecule has 2 rings (SSSR count). The molecule has 0 atom stereocenters. The summed E-state index contributed by atoms with van der Waals surface area (Å²) in [4.78, 5) is 23.2. The Kier molecular flexibility index (Phi) is 9.84. The van der Waals surface area contributed by atoms with Crippen LogP contribution in [0.1, 0.15) is 44.7 Å². The van der Waals surface area contributed by atoms with Crippen molar-refractivity contribution in [3.8, 4) is 11.1 Å². The molecule has 0 amide bonds. The van der Waals surface area contributed by atoms with Crippen LogP contribution in [0.3, 0.4) is 0 Å². The maximum absolute atomic E-state index is 11.9. The Bertz CT molecular complexity index is 864. The van der Waals surface area contributed by atoms with Crippen LogP contribution in [0, 0.1) is 6.92 Å². The Morgan fingerprint density at radius 3 is 2.28 bits per heavy atom. The van der Waals surface area contributed by atoms with Crippen molar-refractivity contribution >= 4 is 11.9 Å². The van der Waals surface area contributed by atoms with E-state index in [0.29, 0.717) is 12.8 Å². The van der Waals surface area contributed by atoms with E-state index in [2.05, 4.69) is 37.3 Å². The Morgan fingerprint density at radius 2 is 1.72 bits per heavy atom. The molecule has 0 N–H and O–H groups in total. The van der Waals surface area contributed by atoms with Gasteiger partial charge in [-0.3, -0.25) is 4.79 Å². The number of allylic oxidation sites excluding steroid dienone is 1. The van der Waals surface area contributed by atoms with Crippen molar-refractivity contribution < 1.29 is 49.0 Å². The number of carboxylic acids is 1. The van der Waals surface area contributed by atoms with Gasteiger partial charge in [-0.15, -0.1) is 0 Å². The van der Waals surface area contributed by atoms with Crippen LogP contribution in [0.4, 0.5) is 0 Å². The molecule has 4 nitrogen and oxygen atoms in total. The molecule has 0 fully saturated rings. The fourth-order valence-electron chi connectivity index (χ4n) is 3.00. The van der Waals surface area contributed by atoms with E-state index in [0.717, 1.165) is 5.56 Å². The summed E-state index contributed by atoms with van der Waals surface area (Å²) in [7, 11) is 0. The zero-order valence-electron chi connectivity index (χ0n) is 18.0. The summed E-state index contributed by atoms with van der Waals surface area (Å²) < 4.78 is 5.18. The van der Waals surface area contributed by atoms with Gasteiger partial charge in [0.1, 0.15) is 5.60 Å². The Balaban J connectivity index is 0.00000420. The molecule has 148 valence electrons. The van der Waals surface area contributed by atoms with Crippen LogP contribution in [0.25, 0.3) is 11.1 Å². The maximum Gasteiger partial charge on any atom is 1.00 e. The number of benzene rings is 2. The van der Waals surface area contributed by atoms with Gasteiger partial charge in [0.15, 0.2) is 0 Å². The van der Waals surface area contributed by atoms with Gasteiger partial charge in [0, 0.05) is 0 Å². The SMILES string of the molecule is Cc1cc(CC/C=C(\CC(=O)OC(C)(C)C)C(=O)[O-])ccc1-c1ccccc1.[Na+]. The second-order valence-electron chi connectivity index (χ2n) is 7.83. The minimum atomic E-state index is -1.33. The molecule has 0 saturated heterocycles. The fraction of sp³-hybridized carbons (Fsp3) is 0.333. The summed E-state index contributed by atoms with van der Waals surface area (Å²) in [5.41, 5.74) is 3.95. The van der Waals surface area contributed by atoms with Crippen molar-refractivity contribution in [3.05, 3.63) is 71.3 Å². The molecule has 0 aromatic heterocycles. The molecule has 0 aliphatic heterocycles. The van der Waals surface area contributed by atoms with Crippen molar-refractivity contribution in [2.75, 3.05) is 0 Å². The summed E-state index contributed by atoms with van der Waals surface area (Å²) in [5.74, 6) is -1.90. The number of rotatable bonds is 7. The van der Waals surface area contributed by atoms with E-state index in [1.54, 1.807) is 26.8 Å². The second-order valence-corrected chi connectivity index (χ2v) is 7.83. The van der Waals surface area contributed by atoms with Gasteiger partial charge in [-0.05, 0) is 68.4 Å². The van der Waals surface area contributed by atoms with Crippen LogP contribution < -0.4 is 34.7 Å². The van der Waals surface area contributed by atoms with Crippen molar-refractivity contribution in [3.63, 3.8) is 0 Å². The summed E-state index contributed by atoms with van der Waals surface area (Å²) in [5, 5.41) is 11.3. The van der Waals surface area contributed by atoms with Gasteiger partial charge in [0.25, 0.3) is 0 Å². The van der Waals surface area contributed by atoms with Crippen molar-refractivity contribution in [1.29, 1.82) is 0 Å². The molecule has 0 unspecified atom stereocenters. The third kappa shape index (κ3) is 8.57. The number of ether oxygens (including phenoxy) is 1. The van der Waals surface area contributed by atoms with Gasteiger partial charge >= 0.3 is 35.5 Å². The average Bonchev–Trinajstić information content (AvgIpc) is 2.60. The molecule has 2 aromatic rings. The standard InChI is InChI=1S/C24H28O4.Na/c1-17-15-18(13-14-21(17)19-10-6-5-7-11-19)9-8-12-20(23(26)27)16-22(25)28-24(2,3)4;/h5-7,10-15H,8-9,16H2,1-4H3,(H,26,27);/q;+1/p-1/b20-12+;. The molecule has 0 spiro atoms. The van der Waals surface area contributed by atoms with Gasteiger partial charge in [0.2, 0.25) is 0 Å². The summed E-state index contributed by atoms with van der Waals surface area (Å²) in [6.45, 7) is 7.30. The first kappa shape index (κ1) is 25.2. The van der Waals surface area contributed by atoms with E-state index in [4.69, 9.17) is 4.74 Å². The van der Waals surface area contributed by atoms with Gasteiger partial charge in [0.05, 0.1) is 12.4 Å². The molecular weight excluding hydrogens is 375 g/mol. The summed E-state index contributed by atoms with van der Waals surface area (Å²) in [6, 6.07) is 16.4. The smallest absolute Gasteiger partial charge is 0.545 e. The number of aliphatic carboxylic acids is 1. The van der Waals surface area contributed by atoms with Gasteiger partial charge in [-0.1, -0.05) is 54.6 Å². The number of carbonyl (C=O) groups excluding carboxylic acids is 2. The minimum absolute atomic E-state index is 0. The Morgan fingerprint density at radius 1 is 1.07 bits per heavy atom. The molecule has 29 heavy (non-hydrogen) atoms. The van der Waals surface area contributed by atoms with Crippen LogP contribution >= 0.6 is 0 Å². The Labute approximate surface area is 195 Å². The molecule has 0 saturated carbocycles. The number of carbonyl (C=O) groups is 2. The second kappa shape index (κ2) is 11.3. The number of carboxylic acid groups (broad SMARTS) is 1. The number of hydrogen-bond acceptors (Lipinski definition) is 4. The van der Waals surface area contributed by atoms with Crippen LogP contribution in [0.5, 0.6) is 0 Å². The third-order valence-electron chi connectivity index (χ3n) is 4.22. The predicted octanol–water partition coefficient (Wildman–Crippen LogP) is 1.01. The monoisotopic (exact) mass is 402 g/mol. The average molecular weight is 402 g/mol. The van der Waals surface area contributed by atoms with Crippen molar-refractivity contribution in [2.24, 2.45) is 0 Å².